The predicted octanol–water partition coefficient (Wildman–Crippen LogP) is 3.20. The van der Waals surface area contributed by atoms with Crippen LogP contribution < -0.4 is 10.9 Å². The van der Waals surface area contributed by atoms with E-state index in [2.05, 4.69) is 25.2 Å². The minimum absolute atomic E-state index is 0.0196. The normalized spacial score (nSPS) is 14.2. The highest BCUT2D eigenvalue weighted by Gasteiger charge is 2.36. The zero-order valence-corrected chi connectivity index (χ0v) is 16.3. The Labute approximate surface area is 164 Å². The van der Waals surface area contributed by atoms with Crippen LogP contribution in [0.15, 0.2) is 59.4 Å². The minimum atomic E-state index is -0.304. The molecule has 0 radical (unpaired) electrons. The maximum atomic E-state index is 13.6. The van der Waals surface area contributed by atoms with Gasteiger partial charge in [-0.05, 0) is 17.5 Å². The van der Waals surface area contributed by atoms with Crippen molar-refractivity contribution in [3.8, 4) is 11.3 Å². The van der Waals surface area contributed by atoms with Crippen molar-refractivity contribution in [2.75, 3.05) is 18.5 Å². The molecule has 28 heavy (non-hydrogen) atoms. The van der Waals surface area contributed by atoms with Crippen molar-refractivity contribution in [3.05, 3.63) is 81.6 Å². The number of hydrogen-bond acceptors (Lipinski definition) is 4. The van der Waals surface area contributed by atoms with Gasteiger partial charge in [0.2, 0.25) is 5.95 Å². The second kappa shape index (κ2) is 7.24. The molecular weight excluding hydrogens is 350 g/mol. The van der Waals surface area contributed by atoms with Gasteiger partial charge in [-0.2, -0.15) is 0 Å². The van der Waals surface area contributed by atoms with Crippen molar-refractivity contribution >= 4 is 5.95 Å². The van der Waals surface area contributed by atoms with Crippen molar-refractivity contribution in [2.45, 2.75) is 32.2 Å². The molecule has 0 saturated carbocycles. The fourth-order valence-corrected chi connectivity index (χ4v) is 4.04. The molecule has 5 nitrogen and oxygen atoms in total. The fraction of sp³-hybridized carbons (Fsp3) is 0.304. The van der Waals surface area contributed by atoms with Gasteiger partial charge in [-0.15, -0.1) is 0 Å². The van der Waals surface area contributed by atoms with Crippen LogP contribution in [0.3, 0.4) is 0 Å². The molecule has 0 saturated heterocycles. The number of aromatic nitrogens is 2. The zero-order chi connectivity index (χ0) is 19.7. The molecule has 0 fully saturated rings. The highest BCUT2D eigenvalue weighted by Crippen LogP contribution is 2.40. The summed E-state index contributed by atoms with van der Waals surface area (Å²) in [5.74, 6) is 0.495. The molecule has 3 aromatic rings. The van der Waals surface area contributed by atoms with Gasteiger partial charge in [0, 0.05) is 23.1 Å². The second-order valence-electron chi connectivity index (χ2n) is 7.90. The number of fused-ring (bicyclic) bond motifs is 3. The van der Waals surface area contributed by atoms with E-state index >= 15 is 0 Å². The standard InChI is InChI=1S/C23H25N3O2/c1-23(2)14-17-10-6-7-11-18(17)20-19(23)21(28)26(22(25-20)24-12-13-27)15-16-8-4-3-5-9-16/h3-11,27H,12-15H2,1-2H3,(H,24,25). The summed E-state index contributed by atoms with van der Waals surface area (Å²) >= 11 is 0. The van der Waals surface area contributed by atoms with Gasteiger partial charge in [0.15, 0.2) is 0 Å². The molecule has 0 amide bonds. The van der Waals surface area contributed by atoms with Gasteiger partial charge >= 0.3 is 0 Å². The number of aliphatic hydroxyl groups excluding tert-OH is 1. The molecule has 1 aliphatic rings. The Balaban J connectivity index is 1.94. The Morgan fingerprint density at radius 1 is 1.11 bits per heavy atom. The molecule has 1 aromatic heterocycles. The summed E-state index contributed by atoms with van der Waals surface area (Å²) < 4.78 is 1.69. The molecule has 2 aromatic carbocycles. The number of rotatable bonds is 5. The van der Waals surface area contributed by atoms with Crippen molar-refractivity contribution in [2.24, 2.45) is 0 Å². The van der Waals surface area contributed by atoms with Gasteiger partial charge in [-0.3, -0.25) is 9.36 Å². The highest BCUT2D eigenvalue weighted by molar-refractivity contribution is 5.72. The van der Waals surface area contributed by atoms with E-state index in [9.17, 15) is 9.90 Å². The molecule has 0 aliphatic heterocycles. The van der Waals surface area contributed by atoms with Crippen LogP contribution in [0.1, 0.15) is 30.5 Å². The number of hydrogen-bond donors (Lipinski definition) is 2. The summed E-state index contributed by atoms with van der Waals surface area (Å²) in [5.41, 5.74) is 4.45. The van der Waals surface area contributed by atoms with E-state index in [0.29, 0.717) is 19.0 Å². The lowest BCUT2D eigenvalue weighted by atomic mass is 9.72. The third kappa shape index (κ3) is 3.22. The first-order valence-corrected chi connectivity index (χ1v) is 9.63. The molecule has 1 heterocycles. The van der Waals surface area contributed by atoms with Gasteiger partial charge < -0.3 is 10.4 Å². The maximum absolute atomic E-state index is 13.6. The summed E-state index contributed by atoms with van der Waals surface area (Å²) in [7, 11) is 0. The second-order valence-corrected chi connectivity index (χ2v) is 7.90. The Morgan fingerprint density at radius 2 is 1.82 bits per heavy atom. The minimum Gasteiger partial charge on any atom is -0.395 e. The van der Waals surface area contributed by atoms with Crippen LogP contribution >= 0.6 is 0 Å². The van der Waals surface area contributed by atoms with Crippen molar-refractivity contribution < 1.29 is 5.11 Å². The first kappa shape index (κ1) is 18.4. The summed E-state index contributed by atoms with van der Waals surface area (Å²) in [5, 5.41) is 12.4. The molecule has 0 spiro atoms. The molecule has 0 unspecified atom stereocenters. The van der Waals surface area contributed by atoms with Gasteiger partial charge in [0.1, 0.15) is 0 Å². The first-order chi connectivity index (χ1) is 13.5. The lowest BCUT2D eigenvalue weighted by molar-refractivity contribution is 0.310. The van der Waals surface area contributed by atoms with E-state index in [1.807, 2.05) is 48.5 Å². The monoisotopic (exact) mass is 375 g/mol. The Kier molecular flexibility index (Phi) is 4.77. The number of aliphatic hydroxyl groups is 1. The smallest absolute Gasteiger partial charge is 0.259 e. The number of benzene rings is 2. The molecule has 5 heteroatoms. The Morgan fingerprint density at radius 3 is 2.57 bits per heavy atom. The van der Waals surface area contributed by atoms with Crippen molar-refractivity contribution in [1.29, 1.82) is 0 Å². The highest BCUT2D eigenvalue weighted by atomic mass is 16.3. The van der Waals surface area contributed by atoms with Crippen LogP contribution in [0.4, 0.5) is 5.95 Å². The van der Waals surface area contributed by atoms with Crippen LogP contribution in [-0.2, 0) is 18.4 Å². The van der Waals surface area contributed by atoms with Gasteiger partial charge in [-0.1, -0.05) is 68.4 Å². The summed E-state index contributed by atoms with van der Waals surface area (Å²) in [6.07, 6.45) is 0.807. The van der Waals surface area contributed by atoms with Crippen LogP contribution in [-0.4, -0.2) is 27.8 Å². The first-order valence-electron chi connectivity index (χ1n) is 9.63. The lowest BCUT2D eigenvalue weighted by Crippen LogP contribution is -2.39. The summed E-state index contributed by atoms with van der Waals surface area (Å²) in [4.78, 5) is 18.5. The number of nitrogens with zero attached hydrogens (tertiary/aromatic N) is 2. The van der Waals surface area contributed by atoms with E-state index in [1.54, 1.807) is 4.57 Å². The van der Waals surface area contributed by atoms with Crippen molar-refractivity contribution in [3.63, 3.8) is 0 Å². The summed E-state index contributed by atoms with van der Waals surface area (Å²) in [6, 6.07) is 18.1. The van der Waals surface area contributed by atoms with Crippen LogP contribution in [0, 0.1) is 0 Å². The third-order valence-electron chi connectivity index (χ3n) is 5.33. The topological polar surface area (TPSA) is 67.2 Å². The summed E-state index contributed by atoms with van der Waals surface area (Å²) in [6.45, 7) is 4.97. The van der Waals surface area contributed by atoms with E-state index in [-0.39, 0.29) is 17.6 Å². The van der Waals surface area contributed by atoms with E-state index < -0.39 is 0 Å². The number of nitrogens with one attached hydrogen (secondary N) is 1. The van der Waals surface area contributed by atoms with Crippen LogP contribution in [0.5, 0.6) is 0 Å². The van der Waals surface area contributed by atoms with Gasteiger partial charge in [0.25, 0.3) is 5.56 Å². The molecule has 144 valence electrons. The number of anilines is 1. The van der Waals surface area contributed by atoms with Gasteiger partial charge in [-0.25, -0.2) is 4.98 Å². The van der Waals surface area contributed by atoms with E-state index in [1.165, 1.54) is 5.56 Å². The molecule has 1 aliphatic carbocycles. The quantitative estimate of drug-likeness (QED) is 0.719. The molecule has 2 N–H and O–H groups in total. The largest absolute Gasteiger partial charge is 0.395 e. The van der Waals surface area contributed by atoms with E-state index in [4.69, 9.17) is 4.98 Å². The van der Waals surface area contributed by atoms with E-state index in [0.717, 1.165) is 28.8 Å². The molecule has 0 atom stereocenters. The Bertz CT molecular complexity index is 1060. The van der Waals surface area contributed by atoms with Crippen LogP contribution in [0.25, 0.3) is 11.3 Å². The third-order valence-corrected chi connectivity index (χ3v) is 5.33. The fourth-order valence-electron chi connectivity index (χ4n) is 4.04. The molecule has 4 rings (SSSR count). The zero-order valence-electron chi connectivity index (χ0n) is 16.3. The van der Waals surface area contributed by atoms with Crippen LogP contribution in [0.2, 0.25) is 0 Å². The molecular formula is C23H25N3O2. The average Bonchev–Trinajstić information content (AvgIpc) is 2.68. The Hall–Kier alpha value is -2.92. The average molecular weight is 375 g/mol. The lowest BCUT2D eigenvalue weighted by Gasteiger charge is -2.33. The predicted molar refractivity (Wildman–Crippen MR) is 112 cm³/mol. The maximum Gasteiger partial charge on any atom is 0.259 e. The molecule has 0 bridgehead atoms. The van der Waals surface area contributed by atoms with Crippen molar-refractivity contribution in [1.82, 2.24) is 9.55 Å². The van der Waals surface area contributed by atoms with Gasteiger partial charge in [0.05, 0.1) is 18.8 Å². The SMILES string of the molecule is CC1(C)Cc2ccccc2-c2nc(NCCO)n(Cc3ccccc3)c(=O)c21.